The molecule has 122 valence electrons. The van der Waals surface area contributed by atoms with Gasteiger partial charge in [-0.1, -0.05) is 19.9 Å². The van der Waals surface area contributed by atoms with Crippen LogP contribution in [0.4, 0.5) is 4.79 Å². The van der Waals surface area contributed by atoms with Crippen molar-refractivity contribution in [2.45, 2.75) is 45.8 Å². The van der Waals surface area contributed by atoms with Crippen LogP contribution in [0.2, 0.25) is 0 Å². The summed E-state index contributed by atoms with van der Waals surface area (Å²) in [5, 5.41) is 14.4. The molecule has 0 bridgehead atoms. The van der Waals surface area contributed by atoms with Crippen LogP contribution in [0, 0.1) is 5.92 Å². The second-order valence-corrected chi connectivity index (χ2v) is 6.14. The maximum Gasteiger partial charge on any atom is 0.315 e. The molecule has 0 aromatic carbocycles. The van der Waals surface area contributed by atoms with Crippen LogP contribution >= 0.6 is 0 Å². The van der Waals surface area contributed by atoms with Gasteiger partial charge in [0, 0.05) is 31.9 Å². The molecule has 0 spiro atoms. The number of hydrogen-bond donors (Lipinski definition) is 2. The summed E-state index contributed by atoms with van der Waals surface area (Å²) >= 11 is 0. The number of aryl methyl sites for hydroxylation is 1. The van der Waals surface area contributed by atoms with Gasteiger partial charge in [0.1, 0.15) is 5.82 Å². The first-order chi connectivity index (χ1) is 11.1. The predicted molar refractivity (Wildman–Crippen MR) is 85.5 cm³/mol. The third-order valence-corrected chi connectivity index (χ3v) is 4.05. The van der Waals surface area contributed by atoms with Crippen molar-refractivity contribution in [3.05, 3.63) is 41.7 Å². The van der Waals surface area contributed by atoms with Gasteiger partial charge in [-0.05, 0) is 24.0 Å². The standard InChI is InChI=1S/C16H22N6O/c1-11(2)14(15-21-20-13-6-4-8-22(13)15)19-16(23)18-10-12-5-3-7-17-9-12/h3,5,7,9,11,14H,4,6,8,10H2,1-2H3,(H2,18,19,23). The fourth-order valence-corrected chi connectivity index (χ4v) is 2.81. The van der Waals surface area contributed by atoms with E-state index in [0.717, 1.165) is 36.6 Å². The molecule has 7 nitrogen and oxygen atoms in total. The van der Waals surface area contributed by atoms with Gasteiger partial charge in [-0.15, -0.1) is 10.2 Å². The summed E-state index contributed by atoms with van der Waals surface area (Å²) in [6, 6.07) is 3.43. The number of nitrogens with zero attached hydrogens (tertiary/aromatic N) is 4. The Bertz CT molecular complexity index is 666. The number of hydrogen-bond acceptors (Lipinski definition) is 4. The molecule has 3 heterocycles. The van der Waals surface area contributed by atoms with Gasteiger partial charge in [-0.2, -0.15) is 0 Å². The van der Waals surface area contributed by atoms with Crippen molar-refractivity contribution in [1.82, 2.24) is 30.4 Å². The highest BCUT2D eigenvalue weighted by atomic mass is 16.2. The van der Waals surface area contributed by atoms with Crippen LogP contribution < -0.4 is 10.6 Å². The van der Waals surface area contributed by atoms with Gasteiger partial charge in [-0.25, -0.2) is 4.79 Å². The Kier molecular flexibility index (Phi) is 4.55. The monoisotopic (exact) mass is 314 g/mol. The minimum Gasteiger partial charge on any atom is -0.334 e. The highest BCUT2D eigenvalue weighted by Crippen LogP contribution is 2.24. The summed E-state index contributed by atoms with van der Waals surface area (Å²) in [6.07, 6.45) is 5.51. The zero-order chi connectivity index (χ0) is 16.2. The molecule has 0 aliphatic carbocycles. The molecule has 1 aliphatic rings. The molecule has 1 atom stereocenters. The molecule has 3 rings (SSSR count). The van der Waals surface area contributed by atoms with Crippen LogP contribution in [0.3, 0.4) is 0 Å². The average molecular weight is 314 g/mol. The molecule has 0 saturated heterocycles. The second-order valence-electron chi connectivity index (χ2n) is 6.14. The summed E-state index contributed by atoms with van der Waals surface area (Å²) in [5.41, 5.74) is 0.965. The van der Waals surface area contributed by atoms with E-state index in [1.807, 2.05) is 12.1 Å². The van der Waals surface area contributed by atoms with Gasteiger partial charge in [0.25, 0.3) is 0 Å². The van der Waals surface area contributed by atoms with E-state index < -0.39 is 0 Å². The molecule has 1 aliphatic heterocycles. The summed E-state index contributed by atoms with van der Waals surface area (Å²) in [4.78, 5) is 16.3. The second kappa shape index (κ2) is 6.76. The number of urea groups is 1. The molecule has 23 heavy (non-hydrogen) atoms. The lowest BCUT2D eigenvalue weighted by Crippen LogP contribution is -2.40. The Labute approximate surface area is 135 Å². The van der Waals surface area contributed by atoms with Gasteiger partial charge >= 0.3 is 6.03 Å². The molecular formula is C16H22N6O. The number of aromatic nitrogens is 4. The Balaban J connectivity index is 1.64. The van der Waals surface area contributed by atoms with Crippen molar-refractivity contribution in [2.24, 2.45) is 5.92 Å². The highest BCUT2D eigenvalue weighted by Gasteiger charge is 2.27. The van der Waals surface area contributed by atoms with Crippen LogP contribution in [0.5, 0.6) is 0 Å². The van der Waals surface area contributed by atoms with E-state index in [1.165, 1.54) is 0 Å². The smallest absolute Gasteiger partial charge is 0.315 e. The topological polar surface area (TPSA) is 84.7 Å². The minimum atomic E-state index is -0.206. The lowest BCUT2D eigenvalue weighted by molar-refractivity contribution is 0.231. The van der Waals surface area contributed by atoms with Gasteiger partial charge in [0.05, 0.1) is 6.04 Å². The van der Waals surface area contributed by atoms with Crippen LogP contribution in [0.15, 0.2) is 24.5 Å². The van der Waals surface area contributed by atoms with E-state index >= 15 is 0 Å². The Morgan fingerprint density at radius 3 is 3.00 bits per heavy atom. The number of rotatable bonds is 5. The quantitative estimate of drug-likeness (QED) is 0.881. The molecule has 2 aromatic heterocycles. The van der Waals surface area contributed by atoms with Gasteiger partial charge in [-0.3, -0.25) is 4.98 Å². The van der Waals surface area contributed by atoms with E-state index in [0.29, 0.717) is 6.54 Å². The number of pyridine rings is 1. The largest absolute Gasteiger partial charge is 0.334 e. The predicted octanol–water partition coefficient (Wildman–Crippen LogP) is 1.82. The average Bonchev–Trinajstić information content (AvgIpc) is 3.15. The Hall–Kier alpha value is -2.44. The number of nitrogens with one attached hydrogen (secondary N) is 2. The van der Waals surface area contributed by atoms with Crippen molar-refractivity contribution in [2.75, 3.05) is 0 Å². The molecule has 1 unspecified atom stereocenters. The lowest BCUT2D eigenvalue weighted by Gasteiger charge is -2.22. The molecule has 2 aromatic rings. The Morgan fingerprint density at radius 1 is 1.39 bits per heavy atom. The van der Waals surface area contributed by atoms with Crippen LogP contribution in [-0.2, 0) is 19.5 Å². The molecule has 2 N–H and O–H groups in total. The highest BCUT2D eigenvalue weighted by molar-refractivity contribution is 5.74. The van der Waals surface area contributed by atoms with E-state index in [-0.39, 0.29) is 18.0 Å². The maximum absolute atomic E-state index is 12.2. The molecule has 0 saturated carbocycles. The van der Waals surface area contributed by atoms with Crippen molar-refractivity contribution >= 4 is 6.03 Å². The molecule has 2 amide bonds. The van der Waals surface area contributed by atoms with Crippen molar-refractivity contribution in [1.29, 1.82) is 0 Å². The minimum absolute atomic E-state index is 0.150. The summed E-state index contributed by atoms with van der Waals surface area (Å²) < 4.78 is 2.13. The van der Waals surface area contributed by atoms with E-state index in [9.17, 15) is 4.79 Å². The fraction of sp³-hybridized carbons (Fsp3) is 0.500. The van der Waals surface area contributed by atoms with E-state index in [2.05, 4.69) is 44.2 Å². The zero-order valence-corrected chi connectivity index (χ0v) is 13.5. The normalized spacial score (nSPS) is 14.6. The van der Waals surface area contributed by atoms with Crippen LogP contribution in [0.1, 0.15) is 43.5 Å². The Morgan fingerprint density at radius 2 is 2.26 bits per heavy atom. The molecule has 0 radical (unpaired) electrons. The lowest BCUT2D eigenvalue weighted by atomic mass is 10.0. The molecular weight excluding hydrogens is 292 g/mol. The third-order valence-electron chi connectivity index (χ3n) is 4.05. The fourth-order valence-electron chi connectivity index (χ4n) is 2.81. The van der Waals surface area contributed by atoms with Crippen molar-refractivity contribution in [3.8, 4) is 0 Å². The SMILES string of the molecule is CC(C)C(NC(=O)NCc1cccnc1)c1nnc2n1CCC2. The number of carbonyl (C=O) groups is 1. The van der Waals surface area contributed by atoms with Crippen LogP contribution in [0.25, 0.3) is 0 Å². The van der Waals surface area contributed by atoms with E-state index in [1.54, 1.807) is 12.4 Å². The van der Waals surface area contributed by atoms with E-state index in [4.69, 9.17) is 0 Å². The molecule has 7 heteroatoms. The first-order valence-corrected chi connectivity index (χ1v) is 8.00. The first-order valence-electron chi connectivity index (χ1n) is 8.00. The maximum atomic E-state index is 12.2. The third kappa shape index (κ3) is 3.49. The van der Waals surface area contributed by atoms with Gasteiger partial charge < -0.3 is 15.2 Å². The summed E-state index contributed by atoms with van der Waals surface area (Å²) in [7, 11) is 0. The first kappa shape index (κ1) is 15.5. The summed E-state index contributed by atoms with van der Waals surface area (Å²) in [6.45, 7) is 5.52. The van der Waals surface area contributed by atoms with Crippen molar-refractivity contribution in [3.63, 3.8) is 0 Å². The van der Waals surface area contributed by atoms with Crippen molar-refractivity contribution < 1.29 is 4.79 Å². The number of carbonyl (C=O) groups excluding carboxylic acids is 1. The molecule has 0 fully saturated rings. The van der Waals surface area contributed by atoms with Gasteiger partial charge in [0.15, 0.2) is 5.82 Å². The van der Waals surface area contributed by atoms with Gasteiger partial charge in [0.2, 0.25) is 0 Å². The zero-order valence-electron chi connectivity index (χ0n) is 13.5. The van der Waals surface area contributed by atoms with Crippen LogP contribution in [-0.4, -0.2) is 25.8 Å². The summed E-state index contributed by atoms with van der Waals surface area (Å²) in [5.74, 6) is 2.10. The number of amides is 2. The number of fused-ring (bicyclic) bond motifs is 1.